The molecule has 1 aromatic rings. The minimum atomic E-state index is -0.230. The van der Waals surface area contributed by atoms with Gasteiger partial charge in [-0.05, 0) is 45.5 Å². The molecule has 1 atom stereocenters. The number of hydrogen-bond acceptors (Lipinski definition) is 3. The van der Waals surface area contributed by atoms with E-state index in [0.717, 1.165) is 5.56 Å². The van der Waals surface area contributed by atoms with Crippen molar-refractivity contribution < 1.29 is 4.39 Å². The van der Waals surface area contributed by atoms with Crippen molar-refractivity contribution in [2.75, 3.05) is 18.5 Å². The predicted molar refractivity (Wildman–Crippen MR) is 76.6 cm³/mol. The Hall–Kier alpha value is -1.60. The second kappa shape index (κ2) is 7.10. The molecule has 0 bridgehead atoms. The number of nitrogens with zero attached hydrogens (tertiary/aromatic N) is 2. The summed E-state index contributed by atoms with van der Waals surface area (Å²) < 4.78 is 14.2. The lowest BCUT2D eigenvalue weighted by Crippen LogP contribution is -2.32. The first kappa shape index (κ1) is 15.5. The topological polar surface area (TPSA) is 39.1 Å². The van der Waals surface area contributed by atoms with Crippen LogP contribution >= 0.6 is 0 Å². The zero-order valence-corrected chi connectivity index (χ0v) is 12.1. The average Bonchev–Trinajstić information content (AvgIpc) is 2.39. The number of nitrogens with one attached hydrogen (secondary N) is 1. The summed E-state index contributed by atoms with van der Waals surface area (Å²) in [6.07, 6.45) is 0.395. The van der Waals surface area contributed by atoms with Gasteiger partial charge < -0.3 is 10.2 Å². The predicted octanol–water partition coefficient (Wildman–Crippen LogP) is 3.23. The zero-order chi connectivity index (χ0) is 14.4. The normalized spacial score (nSPS) is 12.3. The van der Waals surface area contributed by atoms with Crippen molar-refractivity contribution in [1.82, 2.24) is 5.32 Å². The smallest absolute Gasteiger partial charge is 0.146 e. The molecule has 0 aliphatic rings. The Kier molecular flexibility index (Phi) is 5.78. The fourth-order valence-corrected chi connectivity index (χ4v) is 2.02. The highest BCUT2D eigenvalue weighted by Crippen LogP contribution is 2.25. The van der Waals surface area contributed by atoms with E-state index in [1.165, 1.54) is 0 Å². The molecule has 1 aromatic carbocycles. The van der Waals surface area contributed by atoms with Crippen LogP contribution < -0.4 is 10.2 Å². The van der Waals surface area contributed by atoms with E-state index in [1.54, 1.807) is 12.1 Å². The van der Waals surface area contributed by atoms with Crippen LogP contribution in [-0.2, 0) is 0 Å². The summed E-state index contributed by atoms with van der Waals surface area (Å²) in [5.74, 6) is -0.230. The summed E-state index contributed by atoms with van der Waals surface area (Å²) in [7, 11) is 1.85. The van der Waals surface area contributed by atoms with Crippen molar-refractivity contribution in [2.24, 2.45) is 0 Å². The third kappa shape index (κ3) is 3.93. The summed E-state index contributed by atoms with van der Waals surface area (Å²) in [4.78, 5) is 1.92. The number of rotatable bonds is 6. The Morgan fingerprint density at radius 2 is 2.05 bits per heavy atom. The van der Waals surface area contributed by atoms with E-state index < -0.39 is 0 Å². The van der Waals surface area contributed by atoms with Crippen LogP contribution in [0.3, 0.4) is 0 Å². The molecule has 0 amide bonds. The molecule has 3 nitrogen and oxygen atoms in total. The number of nitriles is 1. The third-order valence-electron chi connectivity index (χ3n) is 3.30. The Morgan fingerprint density at radius 3 is 2.53 bits per heavy atom. The Bertz CT molecular complexity index is 451. The van der Waals surface area contributed by atoms with Crippen molar-refractivity contribution in [3.8, 4) is 6.07 Å². The van der Waals surface area contributed by atoms with Crippen LogP contribution in [0, 0.1) is 17.1 Å². The monoisotopic (exact) mass is 263 g/mol. The maximum absolute atomic E-state index is 14.2. The fraction of sp³-hybridized carbons (Fsp3) is 0.533. The van der Waals surface area contributed by atoms with Gasteiger partial charge in [0.05, 0.1) is 18.2 Å². The van der Waals surface area contributed by atoms with Gasteiger partial charge >= 0.3 is 0 Å². The van der Waals surface area contributed by atoms with Crippen LogP contribution in [0.25, 0.3) is 0 Å². The molecule has 1 rings (SSSR count). The molecule has 0 heterocycles. The molecule has 1 N–H and O–H groups in total. The van der Waals surface area contributed by atoms with Crippen molar-refractivity contribution in [1.29, 1.82) is 5.26 Å². The van der Waals surface area contributed by atoms with Crippen LogP contribution in [0.1, 0.15) is 38.8 Å². The third-order valence-corrected chi connectivity index (χ3v) is 3.30. The van der Waals surface area contributed by atoms with Gasteiger partial charge in [0.2, 0.25) is 0 Å². The highest BCUT2D eigenvalue weighted by Gasteiger charge is 2.16. The summed E-state index contributed by atoms with van der Waals surface area (Å²) in [6, 6.07) is 7.69. The molecule has 1 unspecified atom stereocenters. The number of benzene rings is 1. The Labute approximate surface area is 115 Å². The van der Waals surface area contributed by atoms with Crippen LogP contribution in [-0.4, -0.2) is 19.6 Å². The number of hydrogen-bond donors (Lipinski definition) is 1. The molecule has 0 fully saturated rings. The standard InChI is InChI=1S/C15H22FN3/c1-11(2)19(9-5-8-17)15-7-6-13(10-14(15)16)12(3)18-4/h6-7,10-12,18H,5,9H2,1-4H3. The van der Waals surface area contributed by atoms with Crippen molar-refractivity contribution >= 4 is 5.69 Å². The van der Waals surface area contributed by atoms with Gasteiger partial charge in [0.1, 0.15) is 5.82 Å². The van der Waals surface area contributed by atoms with Gasteiger partial charge in [-0.3, -0.25) is 0 Å². The van der Waals surface area contributed by atoms with E-state index in [4.69, 9.17) is 5.26 Å². The summed E-state index contributed by atoms with van der Waals surface area (Å²) in [5, 5.41) is 11.8. The lowest BCUT2D eigenvalue weighted by molar-refractivity contribution is 0.589. The van der Waals surface area contributed by atoms with Gasteiger partial charge in [-0.25, -0.2) is 4.39 Å². The van der Waals surface area contributed by atoms with E-state index in [-0.39, 0.29) is 17.9 Å². The maximum Gasteiger partial charge on any atom is 0.146 e. The minimum absolute atomic E-state index is 0.121. The van der Waals surface area contributed by atoms with Crippen LogP contribution in [0.15, 0.2) is 18.2 Å². The minimum Gasteiger partial charge on any atom is -0.366 e. The fourth-order valence-electron chi connectivity index (χ4n) is 2.02. The van der Waals surface area contributed by atoms with Crippen LogP contribution in [0.5, 0.6) is 0 Å². The first-order valence-corrected chi connectivity index (χ1v) is 6.61. The lowest BCUT2D eigenvalue weighted by Gasteiger charge is -2.29. The molecule has 0 saturated heterocycles. The molecule has 0 spiro atoms. The molecule has 4 heteroatoms. The summed E-state index contributed by atoms with van der Waals surface area (Å²) in [6.45, 7) is 6.54. The van der Waals surface area contributed by atoms with Crippen molar-refractivity contribution in [3.05, 3.63) is 29.6 Å². The quantitative estimate of drug-likeness (QED) is 0.856. The number of anilines is 1. The summed E-state index contributed by atoms with van der Waals surface area (Å²) in [5.41, 5.74) is 1.49. The molecule has 19 heavy (non-hydrogen) atoms. The van der Waals surface area contributed by atoms with Gasteiger partial charge in [-0.1, -0.05) is 6.07 Å². The first-order chi connectivity index (χ1) is 9.01. The highest BCUT2D eigenvalue weighted by atomic mass is 19.1. The first-order valence-electron chi connectivity index (χ1n) is 6.61. The summed E-state index contributed by atoms with van der Waals surface area (Å²) >= 11 is 0. The molecular weight excluding hydrogens is 241 g/mol. The molecule has 104 valence electrons. The average molecular weight is 263 g/mol. The van der Waals surface area contributed by atoms with Gasteiger partial charge in [-0.2, -0.15) is 5.26 Å². The van der Waals surface area contributed by atoms with Crippen molar-refractivity contribution in [2.45, 2.75) is 39.3 Å². The van der Waals surface area contributed by atoms with E-state index in [9.17, 15) is 4.39 Å². The van der Waals surface area contributed by atoms with Crippen molar-refractivity contribution in [3.63, 3.8) is 0 Å². The largest absolute Gasteiger partial charge is 0.366 e. The van der Waals surface area contributed by atoms with Gasteiger partial charge in [0.15, 0.2) is 0 Å². The second-order valence-corrected chi connectivity index (χ2v) is 4.92. The van der Waals surface area contributed by atoms with Gasteiger partial charge in [-0.15, -0.1) is 0 Å². The zero-order valence-electron chi connectivity index (χ0n) is 12.1. The number of halogens is 1. The Morgan fingerprint density at radius 1 is 1.37 bits per heavy atom. The molecule has 0 aliphatic heterocycles. The van der Waals surface area contributed by atoms with E-state index in [0.29, 0.717) is 18.7 Å². The lowest BCUT2D eigenvalue weighted by atomic mass is 10.1. The van der Waals surface area contributed by atoms with Gasteiger partial charge in [0, 0.05) is 18.6 Å². The molecule has 0 radical (unpaired) electrons. The maximum atomic E-state index is 14.2. The SMILES string of the molecule is CNC(C)c1ccc(N(CCC#N)C(C)C)c(F)c1. The van der Waals surface area contributed by atoms with Gasteiger partial charge in [0.25, 0.3) is 0 Å². The van der Waals surface area contributed by atoms with Crippen LogP contribution in [0.2, 0.25) is 0 Å². The van der Waals surface area contributed by atoms with Crippen LogP contribution in [0.4, 0.5) is 10.1 Å². The second-order valence-electron chi connectivity index (χ2n) is 4.92. The molecule has 0 aromatic heterocycles. The van der Waals surface area contributed by atoms with E-state index in [2.05, 4.69) is 11.4 Å². The highest BCUT2D eigenvalue weighted by molar-refractivity contribution is 5.50. The Balaban J connectivity index is 3.02. The van der Waals surface area contributed by atoms with E-state index in [1.807, 2.05) is 38.8 Å². The molecule has 0 saturated carbocycles. The molecule has 0 aliphatic carbocycles. The molecular formula is C15H22FN3. The van der Waals surface area contributed by atoms with E-state index >= 15 is 0 Å².